The average Bonchev–Trinajstić information content (AvgIpc) is 2.76. The lowest BCUT2D eigenvalue weighted by Crippen LogP contribution is -2.51. The molecule has 1 aromatic heterocycles. The van der Waals surface area contributed by atoms with Crippen molar-refractivity contribution in [3.8, 4) is 0 Å². The number of carbonyl (C=O) groups is 1. The van der Waals surface area contributed by atoms with Gasteiger partial charge in [0.1, 0.15) is 0 Å². The van der Waals surface area contributed by atoms with Crippen molar-refractivity contribution in [2.45, 2.75) is 24.8 Å². The van der Waals surface area contributed by atoms with E-state index in [1.807, 2.05) is 47.0 Å². The van der Waals surface area contributed by atoms with E-state index in [1.165, 1.54) is 0 Å². The van der Waals surface area contributed by atoms with Gasteiger partial charge in [0.05, 0.1) is 17.3 Å². The number of hydrogen-bond donors (Lipinski definition) is 0. The first kappa shape index (κ1) is 14.2. The highest BCUT2D eigenvalue weighted by molar-refractivity contribution is 7.98. The van der Waals surface area contributed by atoms with E-state index in [0.29, 0.717) is 6.04 Å². The lowest BCUT2D eigenvalue weighted by atomic mass is 10.1. The van der Waals surface area contributed by atoms with Crippen molar-refractivity contribution in [1.29, 1.82) is 0 Å². The minimum absolute atomic E-state index is 0.123. The molecule has 110 valence electrons. The first-order valence-electron chi connectivity index (χ1n) is 7.05. The summed E-state index contributed by atoms with van der Waals surface area (Å²) in [5.74, 6) is 0.123. The topological polar surface area (TPSA) is 38.1 Å². The standard InChI is InChI=1S/C16H19N3OS/c1-11-8-12(2)19(17-11)13-9-18(10-13)16(20)14-6-4-5-7-15(14)21-3/h4-8,13H,9-10H2,1-3H3. The quantitative estimate of drug-likeness (QED) is 0.818. The molecule has 5 heteroatoms. The minimum atomic E-state index is 0.123. The first-order valence-corrected chi connectivity index (χ1v) is 8.27. The summed E-state index contributed by atoms with van der Waals surface area (Å²) in [5.41, 5.74) is 3.00. The zero-order chi connectivity index (χ0) is 15.0. The van der Waals surface area contributed by atoms with E-state index in [9.17, 15) is 4.79 Å². The number of aryl methyl sites for hydroxylation is 2. The van der Waals surface area contributed by atoms with Gasteiger partial charge in [-0.2, -0.15) is 5.10 Å². The van der Waals surface area contributed by atoms with Crippen molar-refractivity contribution in [1.82, 2.24) is 14.7 Å². The number of benzene rings is 1. The van der Waals surface area contributed by atoms with Gasteiger partial charge < -0.3 is 4.90 Å². The monoisotopic (exact) mass is 301 g/mol. The maximum absolute atomic E-state index is 12.6. The number of nitrogens with zero attached hydrogens (tertiary/aromatic N) is 3. The highest BCUT2D eigenvalue weighted by Gasteiger charge is 2.34. The Morgan fingerprint density at radius 1 is 1.29 bits per heavy atom. The Balaban J connectivity index is 1.71. The molecule has 0 spiro atoms. The average molecular weight is 301 g/mol. The predicted octanol–water partition coefficient (Wildman–Crippen LogP) is 2.92. The Hall–Kier alpha value is -1.75. The summed E-state index contributed by atoms with van der Waals surface area (Å²) in [6.07, 6.45) is 2.00. The van der Waals surface area contributed by atoms with E-state index in [2.05, 4.69) is 18.1 Å². The van der Waals surface area contributed by atoms with Crippen molar-refractivity contribution in [3.63, 3.8) is 0 Å². The molecule has 1 fully saturated rings. The Labute approximate surface area is 129 Å². The molecule has 0 unspecified atom stereocenters. The van der Waals surface area contributed by atoms with Crippen LogP contribution in [0, 0.1) is 13.8 Å². The van der Waals surface area contributed by atoms with Crippen molar-refractivity contribution in [3.05, 3.63) is 47.3 Å². The molecule has 2 aromatic rings. The number of carbonyl (C=O) groups excluding carboxylic acids is 1. The summed E-state index contributed by atoms with van der Waals surface area (Å²) in [7, 11) is 0. The summed E-state index contributed by atoms with van der Waals surface area (Å²) in [4.78, 5) is 15.5. The Kier molecular flexibility index (Phi) is 3.76. The molecular formula is C16H19N3OS. The largest absolute Gasteiger partial charge is 0.334 e. The predicted molar refractivity (Wildman–Crippen MR) is 84.9 cm³/mol. The second-order valence-corrected chi connectivity index (χ2v) is 6.28. The molecule has 0 aliphatic carbocycles. The van der Waals surface area contributed by atoms with Gasteiger partial charge in [-0.15, -0.1) is 11.8 Å². The van der Waals surface area contributed by atoms with Gasteiger partial charge in [0.2, 0.25) is 0 Å². The number of amides is 1. The van der Waals surface area contributed by atoms with Crippen LogP contribution in [0.1, 0.15) is 27.8 Å². The van der Waals surface area contributed by atoms with Gasteiger partial charge in [-0.05, 0) is 38.3 Å². The lowest BCUT2D eigenvalue weighted by Gasteiger charge is -2.40. The number of thioether (sulfide) groups is 1. The van der Waals surface area contributed by atoms with E-state index in [1.54, 1.807) is 11.8 Å². The fourth-order valence-corrected chi connectivity index (χ4v) is 3.37. The molecule has 1 amide bonds. The fourth-order valence-electron chi connectivity index (χ4n) is 2.78. The van der Waals surface area contributed by atoms with Gasteiger partial charge in [-0.3, -0.25) is 9.48 Å². The van der Waals surface area contributed by atoms with Crippen molar-refractivity contribution in [2.75, 3.05) is 19.3 Å². The molecule has 1 saturated heterocycles. The van der Waals surface area contributed by atoms with E-state index in [4.69, 9.17) is 0 Å². The van der Waals surface area contributed by atoms with Crippen LogP contribution in [0.5, 0.6) is 0 Å². The third-order valence-corrected chi connectivity index (χ3v) is 4.67. The smallest absolute Gasteiger partial charge is 0.255 e. The maximum atomic E-state index is 12.6. The van der Waals surface area contributed by atoms with Crippen LogP contribution >= 0.6 is 11.8 Å². The summed E-state index contributed by atoms with van der Waals surface area (Å²) < 4.78 is 2.04. The van der Waals surface area contributed by atoms with Crippen LogP contribution in [0.3, 0.4) is 0 Å². The molecule has 0 bridgehead atoms. The van der Waals surface area contributed by atoms with Crippen LogP contribution < -0.4 is 0 Å². The van der Waals surface area contributed by atoms with Crippen LogP contribution in [-0.2, 0) is 0 Å². The molecule has 3 rings (SSSR count). The third kappa shape index (κ3) is 2.58. The van der Waals surface area contributed by atoms with Gasteiger partial charge in [-0.1, -0.05) is 12.1 Å². The van der Waals surface area contributed by atoms with Gasteiger partial charge in [0.15, 0.2) is 0 Å². The molecule has 21 heavy (non-hydrogen) atoms. The molecule has 0 radical (unpaired) electrons. The van der Waals surface area contributed by atoms with Crippen molar-refractivity contribution in [2.24, 2.45) is 0 Å². The Bertz CT molecular complexity index is 674. The van der Waals surface area contributed by atoms with Gasteiger partial charge in [0, 0.05) is 23.7 Å². The SMILES string of the molecule is CSc1ccccc1C(=O)N1CC(n2nc(C)cc2C)C1. The van der Waals surface area contributed by atoms with Crippen LogP contribution in [-0.4, -0.2) is 39.9 Å². The highest BCUT2D eigenvalue weighted by Crippen LogP contribution is 2.27. The molecule has 0 atom stereocenters. The summed E-state index contributed by atoms with van der Waals surface area (Å²) in [6, 6.07) is 10.2. The van der Waals surface area contributed by atoms with Crippen LogP contribution in [0.25, 0.3) is 0 Å². The Morgan fingerprint density at radius 3 is 2.62 bits per heavy atom. The van der Waals surface area contributed by atoms with Crippen molar-refractivity contribution >= 4 is 17.7 Å². The highest BCUT2D eigenvalue weighted by atomic mass is 32.2. The second-order valence-electron chi connectivity index (χ2n) is 5.44. The zero-order valence-electron chi connectivity index (χ0n) is 12.5. The third-order valence-electron chi connectivity index (χ3n) is 3.88. The van der Waals surface area contributed by atoms with Crippen LogP contribution in [0.4, 0.5) is 0 Å². The summed E-state index contributed by atoms with van der Waals surface area (Å²) in [5, 5.41) is 4.51. The molecule has 1 aromatic carbocycles. The summed E-state index contributed by atoms with van der Waals surface area (Å²) in [6.45, 7) is 5.54. The Morgan fingerprint density at radius 2 is 2.00 bits per heavy atom. The normalized spacial score (nSPS) is 15.1. The molecule has 4 nitrogen and oxygen atoms in total. The second kappa shape index (κ2) is 5.56. The number of aromatic nitrogens is 2. The molecular weight excluding hydrogens is 282 g/mol. The van der Waals surface area contributed by atoms with Crippen LogP contribution in [0.2, 0.25) is 0 Å². The van der Waals surface area contributed by atoms with E-state index >= 15 is 0 Å². The van der Waals surface area contributed by atoms with Crippen LogP contribution in [0.15, 0.2) is 35.2 Å². The number of hydrogen-bond acceptors (Lipinski definition) is 3. The van der Waals surface area contributed by atoms with E-state index in [0.717, 1.165) is 34.9 Å². The van der Waals surface area contributed by atoms with Crippen molar-refractivity contribution < 1.29 is 4.79 Å². The van der Waals surface area contributed by atoms with E-state index < -0.39 is 0 Å². The maximum Gasteiger partial charge on any atom is 0.255 e. The number of rotatable bonds is 3. The molecule has 2 heterocycles. The number of likely N-dealkylation sites (tertiary alicyclic amines) is 1. The fraction of sp³-hybridized carbons (Fsp3) is 0.375. The molecule has 1 aliphatic heterocycles. The molecule has 0 saturated carbocycles. The van der Waals surface area contributed by atoms with Gasteiger partial charge in [-0.25, -0.2) is 0 Å². The minimum Gasteiger partial charge on any atom is -0.334 e. The van der Waals surface area contributed by atoms with Gasteiger partial charge in [0.25, 0.3) is 5.91 Å². The zero-order valence-corrected chi connectivity index (χ0v) is 13.4. The molecule has 1 aliphatic rings. The van der Waals surface area contributed by atoms with Gasteiger partial charge >= 0.3 is 0 Å². The first-order chi connectivity index (χ1) is 10.1. The summed E-state index contributed by atoms with van der Waals surface area (Å²) >= 11 is 1.61. The molecule has 0 N–H and O–H groups in total. The van der Waals surface area contributed by atoms with E-state index in [-0.39, 0.29) is 5.91 Å². The lowest BCUT2D eigenvalue weighted by molar-refractivity contribution is 0.0494.